The zero-order valence-corrected chi connectivity index (χ0v) is 17.3. The molecule has 0 amide bonds. The molecule has 1 fully saturated rings. The largest absolute Gasteiger partial charge is 0.390 e. The van der Waals surface area contributed by atoms with E-state index in [1.54, 1.807) is 6.07 Å². The minimum Gasteiger partial charge on any atom is -0.390 e. The average molecular weight is 458 g/mol. The van der Waals surface area contributed by atoms with Crippen molar-refractivity contribution in [3.8, 4) is 11.3 Å². The molecule has 160 valence electrons. The molecule has 30 heavy (non-hydrogen) atoms. The van der Waals surface area contributed by atoms with Crippen molar-refractivity contribution in [2.24, 2.45) is 0 Å². The molecule has 1 aromatic carbocycles. The molecule has 0 spiro atoms. The molecular formula is C18H18ClF2N5O3S. The number of rotatable bonds is 4. The van der Waals surface area contributed by atoms with Crippen LogP contribution in [0.1, 0.15) is 6.42 Å². The van der Waals surface area contributed by atoms with E-state index in [9.17, 15) is 22.3 Å². The molecule has 4 rings (SSSR count). The van der Waals surface area contributed by atoms with Crippen molar-refractivity contribution in [2.75, 3.05) is 24.7 Å². The van der Waals surface area contributed by atoms with E-state index in [0.29, 0.717) is 6.42 Å². The van der Waals surface area contributed by atoms with Crippen LogP contribution in [0.4, 0.5) is 14.7 Å². The third kappa shape index (κ3) is 3.85. The number of aliphatic hydroxyl groups is 1. The molecule has 2 aromatic heterocycles. The number of β-amino-alcohol motifs (C(OH)–C–C–N with tert-alkyl or cyclic N) is 1. The van der Waals surface area contributed by atoms with Crippen LogP contribution in [0, 0.1) is 11.6 Å². The monoisotopic (exact) mass is 457 g/mol. The van der Waals surface area contributed by atoms with Crippen LogP contribution < -0.4 is 5.32 Å². The topological polar surface area (TPSA) is 99.8 Å². The van der Waals surface area contributed by atoms with Crippen LogP contribution in [0.5, 0.6) is 0 Å². The van der Waals surface area contributed by atoms with Gasteiger partial charge in [-0.1, -0.05) is 17.7 Å². The molecule has 0 aliphatic carbocycles. The molecule has 0 bridgehead atoms. The first-order valence-electron chi connectivity index (χ1n) is 9.03. The van der Waals surface area contributed by atoms with Gasteiger partial charge in [0.05, 0.1) is 35.3 Å². The zero-order valence-electron chi connectivity index (χ0n) is 15.8. The van der Waals surface area contributed by atoms with Gasteiger partial charge in [-0.3, -0.25) is 0 Å². The Bertz CT molecular complexity index is 1220. The second-order valence-corrected chi connectivity index (χ2v) is 9.48. The van der Waals surface area contributed by atoms with Gasteiger partial charge in [-0.25, -0.2) is 26.7 Å². The minimum atomic E-state index is -3.40. The highest BCUT2D eigenvalue weighted by molar-refractivity contribution is 7.88. The van der Waals surface area contributed by atoms with Gasteiger partial charge in [0.15, 0.2) is 11.6 Å². The number of aliphatic hydroxyl groups excluding tert-OH is 1. The van der Waals surface area contributed by atoms with E-state index in [1.165, 1.54) is 27.2 Å². The highest BCUT2D eigenvalue weighted by Gasteiger charge is 2.32. The molecule has 8 nitrogen and oxygen atoms in total. The van der Waals surface area contributed by atoms with Crippen molar-refractivity contribution in [3.63, 3.8) is 0 Å². The van der Waals surface area contributed by atoms with Gasteiger partial charge in [-0.15, -0.1) is 5.10 Å². The molecule has 0 radical (unpaired) electrons. The molecule has 1 aliphatic rings. The van der Waals surface area contributed by atoms with Crippen LogP contribution in [0.25, 0.3) is 16.8 Å². The molecule has 0 unspecified atom stereocenters. The number of hydrogen-bond donors (Lipinski definition) is 2. The summed E-state index contributed by atoms with van der Waals surface area (Å²) in [6.07, 6.45) is 1.67. The van der Waals surface area contributed by atoms with Crippen molar-refractivity contribution in [1.82, 2.24) is 18.9 Å². The molecular weight excluding hydrogens is 440 g/mol. The SMILES string of the molecule is CS(=O)(=O)N1CC[C@@H](Nc2ncc3c(F)cc(-c4cccc(Cl)c4F)n3n2)[C@H](O)C1. The first-order chi connectivity index (χ1) is 14.1. The maximum absolute atomic E-state index is 14.5. The Morgan fingerprint density at radius 3 is 2.80 bits per heavy atom. The summed E-state index contributed by atoms with van der Waals surface area (Å²) in [6, 6.07) is 5.03. The highest BCUT2D eigenvalue weighted by atomic mass is 35.5. The normalized spacial score (nSPS) is 20.6. The Labute approximate surface area is 176 Å². The molecule has 1 aliphatic heterocycles. The number of anilines is 1. The Kier molecular flexibility index (Phi) is 5.39. The Hall–Kier alpha value is -2.34. The van der Waals surface area contributed by atoms with Crippen LogP contribution in [-0.4, -0.2) is 63.9 Å². The van der Waals surface area contributed by atoms with Gasteiger partial charge in [-0.2, -0.15) is 4.31 Å². The lowest BCUT2D eigenvalue weighted by Gasteiger charge is -2.34. The predicted molar refractivity (Wildman–Crippen MR) is 108 cm³/mol. The lowest BCUT2D eigenvalue weighted by molar-refractivity contribution is 0.0950. The fraction of sp³-hybridized carbons (Fsp3) is 0.333. The summed E-state index contributed by atoms with van der Waals surface area (Å²) in [5, 5.41) is 17.4. The van der Waals surface area contributed by atoms with Crippen molar-refractivity contribution < 1.29 is 22.3 Å². The van der Waals surface area contributed by atoms with Crippen molar-refractivity contribution in [2.45, 2.75) is 18.6 Å². The quantitative estimate of drug-likeness (QED) is 0.622. The van der Waals surface area contributed by atoms with Crippen molar-refractivity contribution >= 4 is 33.1 Å². The van der Waals surface area contributed by atoms with E-state index in [1.807, 2.05) is 0 Å². The number of hydrogen-bond acceptors (Lipinski definition) is 6. The number of fused-ring (bicyclic) bond motifs is 1. The molecule has 3 aromatic rings. The fourth-order valence-corrected chi connectivity index (χ4v) is 4.49. The molecule has 1 saturated heterocycles. The van der Waals surface area contributed by atoms with Crippen LogP contribution in [0.15, 0.2) is 30.5 Å². The summed E-state index contributed by atoms with van der Waals surface area (Å²) in [5.74, 6) is -1.24. The summed E-state index contributed by atoms with van der Waals surface area (Å²) in [7, 11) is -3.40. The maximum atomic E-state index is 14.5. The summed E-state index contributed by atoms with van der Waals surface area (Å²) >= 11 is 5.84. The smallest absolute Gasteiger partial charge is 0.241 e. The first-order valence-corrected chi connectivity index (χ1v) is 11.3. The van der Waals surface area contributed by atoms with Gasteiger partial charge >= 0.3 is 0 Å². The van der Waals surface area contributed by atoms with Gasteiger partial charge in [-0.05, 0) is 18.6 Å². The Balaban J connectivity index is 1.65. The lowest BCUT2D eigenvalue weighted by Crippen LogP contribution is -2.51. The van der Waals surface area contributed by atoms with E-state index in [4.69, 9.17) is 11.6 Å². The van der Waals surface area contributed by atoms with Crippen LogP contribution in [0.2, 0.25) is 5.02 Å². The van der Waals surface area contributed by atoms with E-state index in [0.717, 1.165) is 12.3 Å². The van der Waals surface area contributed by atoms with Gasteiger partial charge in [0.2, 0.25) is 16.0 Å². The van der Waals surface area contributed by atoms with E-state index in [-0.39, 0.29) is 40.8 Å². The fourth-order valence-electron chi connectivity index (χ4n) is 3.45. The molecule has 0 saturated carbocycles. The second-order valence-electron chi connectivity index (χ2n) is 7.09. The van der Waals surface area contributed by atoms with Crippen molar-refractivity contribution in [3.05, 3.63) is 47.1 Å². The van der Waals surface area contributed by atoms with Gasteiger partial charge in [0.1, 0.15) is 5.52 Å². The number of piperidine rings is 1. The number of sulfonamides is 1. The predicted octanol–water partition coefficient (Wildman–Crippen LogP) is 2.13. The first kappa shape index (κ1) is 20.9. The van der Waals surface area contributed by atoms with Crippen LogP contribution in [0.3, 0.4) is 0 Å². The van der Waals surface area contributed by atoms with Gasteiger partial charge in [0.25, 0.3) is 0 Å². The standard InChI is InChI=1S/C18H18ClF2N5O3S/c1-30(28,29)25-6-5-13(16(27)9-25)23-18-22-8-15-12(20)7-14(26(15)24-18)10-3-2-4-11(19)17(10)21/h2-4,7-8,13,16,27H,5-6,9H2,1H3,(H,23,24)/t13-,16-/m1/s1. The number of benzene rings is 1. The van der Waals surface area contributed by atoms with Gasteiger partial charge < -0.3 is 10.4 Å². The number of halogens is 3. The summed E-state index contributed by atoms with van der Waals surface area (Å²) in [5.41, 5.74) is 0.273. The number of aromatic nitrogens is 3. The summed E-state index contributed by atoms with van der Waals surface area (Å²) in [4.78, 5) is 4.07. The third-order valence-electron chi connectivity index (χ3n) is 5.02. The number of nitrogens with one attached hydrogen (secondary N) is 1. The van der Waals surface area contributed by atoms with E-state index < -0.39 is 33.8 Å². The molecule has 2 atom stereocenters. The minimum absolute atomic E-state index is 0.0439. The van der Waals surface area contributed by atoms with Crippen LogP contribution in [-0.2, 0) is 10.0 Å². The summed E-state index contributed by atoms with van der Waals surface area (Å²) in [6.45, 7) is 0.169. The average Bonchev–Trinajstić information content (AvgIpc) is 3.01. The zero-order chi connectivity index (χ0) is 21.6. The van der Waals surface area contributed by atoms with E-state index >= 15 is 0 Å². The van der Waals surface area contributed by atoms with Crippen molar-refractivity contribution in [1.29, 1.82) is 0 Å². The Morgan fingerprint density at radius 2 is 2.10 bits per heavy atom. The molecule has 3 heterocycles. The molecule has 2 N–H and O–H groups in total. The summed E-state index contributed by atoms with van der Waals surface area (Å²) < 4.78 is 54.5. The highest BCUT2D eigenvalue weighted by Crippen LogP contribution is 2.30. The maximum Gasteiger partial charge on any atom is 0.241 e. The van der Waals surface area contributed by atoms with Crippen LogP contribution >= 0.6 is 11.6 Å². The van der Waals surface area contributed by atoms with E-state index in [2.05, 4.69) is 15.4 Å². The number of nitrogens with zero attached hydrogens (tertiary/aromatic N) is 4. The lowest BCUT2D eigenvalue weighted by atomic mass is 10.0. The molecule has 12 heteroatoms. The third-order valence-corrected chi connectivity index (χ3v) is 6.59. The Morgan fingerprint density at radius 1 is 1.33 bits per heavy atom. The second kappa shape index (κ2) is 7.73. The van der Waals surface area contributed by atoms with Gasteiger partial charge in [0, 0.05) is 24.7 Å².